The fraction of sp³-hybridized carbons (Fsp3) is 0.300. The molecule has 0 saturated heterocycles. The first-order valence-corrected chi connectivity index (χ1v) is 8.59. The third kappa shape index (κ3) is 4.33. The number of nitrogens with one attached hydrogen (secondary N) is 1. The Hall–Kier alpha value is -3.02. The molecular formula is C20H22N2O4. The number of hydrogen-bond acceptors (Lipinski definition) is 4. The van der Waals surface area contributed by atoms with Crippen LogP contribution in [0.3, 0.4) is 0 Å². The molecule has 0 saturated carbocycles. The van der Waals surface area contributed by atoms with Crippen LogP contribution in [-0.4, -0.2) is 32.1 Å². The molecule has 26 heavy (non-hydrogen) atoms. The number of benzene rings is 2. The van der Waals surface area contributed by atoms with Crippen LogP contribution in [0, 0.1) is 0 Å². The van der Waals surface area contributed by atoms with Gasteiger partial charge < -0.3 is 19.7 Å². The van der Waals surface area contributed by atoms with Crippen molar-refractivity contribution in [1.82, 2.24) is 5.32 Å². The number of fused-ring (bicyclic) bond motifs is 1. The molecule has 2 aromatic rings. The molecule has 0 radical (unpaired) electrons. The second kappa shape index (κ2) is 8.38. The minimum Gasteiger partial charge on any atom is -0.497 e. The molecule has 1 N–H and O–H groups in total. The third-order valence-electron chi connectivity index (χ3n) is 4.24. The molecule has 0 spiro atoms. The number of para-hydroxylation sites is 2. The summed E-state index contributed by atoms with van der Waals surface area (Å²) in [4.78, 5) is 26.2. The summed E-state index contributed by atoms with van der Waals surface area (Å²) in [5.74, 6) is 1.27. The van der Waals surface area contributed by atoms with Gasteiger partial charge >= 0.3 is 0 Å². The summed E-state index contributed by atoms with van der Waals surface area (Å²) in [5.41, 5.74) is 1.75. The molecule has 136 valence electrons. The van der Waals surface area contributed by atoms with Crippen LogP contribution >= 0.6 is 0 Å². The lowest BCUT2D eigenvalue weighted by atomic mass is 10.2. The van der Waals surface area contributed by atoms with Gasteiger partial charge in [0.05, 0.1) is 19.3 Å². The summed E-state index contributed by atoms with van der Waals surface area (Å²) in [5, 5.41) is 2.84. The molecule has 2 amide bonds. The zero-order valence-corrected chi connectivity index (χ0v) is 14.7. The highest BCUT2D eigenvalue weighted by Crippen LogP contribution is 2.31. The molecule has 3 rings (SSSR count). The SMILES string of the molecule is COc1ccc(CNC(=O)CCC(=O)N2CCOc3ccccc32)cc1. The number of nitrogens with zero attached hydrogens (tertiary/aromatic N) is 1. The lowest BCUT2D eigenvalue weighted by Gasteiger charge is -2.29. The van der Waals surface area contributed by atoms with Crippen molar-refractivity contribution in [3.05, 3.63) is 54.1 Å². The molecule has 6 nitrogen and oxygen atoms in total. The van der Waals surface area contributed by atoms with Crippen molar-refractivity contribution in [3.63, 3.8) is 0 Å². The van der Waals surface area contributed by atoms with Gasteiger partial charge in [0, 0.05) is 19.4 Å². The second-order valence-electron chi connectivity index (χ2n) is 5.99. The molecule has 0 aliphatic carbocycles. The molecule has 0 unspecified atom stereocenters. The predicted octanol–water partition coefficient (Wildman–Crippen LogP) is 2.52. The summed E-state index contributed by atoms with van der Waals surface area (Å²) in [6, 6.07) is 14.9. The maximum atomic E-state index is 12.5. The first kappa shape index (κ1) is 17.8. The minimum absolute atomic E-state index is 0.0691. The molecule has 2 aromatic carbocycles. The number of carbonyl (C=O) groups is 2. The van der Waals surface area contributed by atoms with Crippen molar-refractivity contribution in [2.45, 2.75) is 19.4 Å². The van der Waals surface area contributed by atoms with E-state index in [0.717, 1.165) is 17.0 Å². The van der Waals surface area contributed by atoms with Crippen LogP contribution < -0.4 is 19.7 Å². The van der Waals surface area contributed by atoms with Crippen LogP contribution in [0.5, 0.6) is 11.5 Å². The van der Waals surface area contributed by atoms with Gasteiger partial charge in [-0.3, -0.25) is 9.59 Å². The number of hydrogen-bond donors (Lipinski definition) is 1. The maximum Gasteiger partial charge on any atom is 0.227 e. The lowest BCUT2D eigenvalue weighted by molar-refractivity contribution is -0.125. The van der Waals surface area contributed by atoms with Crippen molar-refractivity contribution in [1.29, 1.82) is 0 Å². The average Bonchev–Trinajstić information content (AvgIpc) is 2.70. The molecule has 0 aromatic heterocycles. The van der Waals surface area contributed by atoms with Crippen LogP contribution in [0.4, 0.5) is 5.69 Å². The normalized spacial score (nSPS) is 12.7. The Balaban J connectivity index is 1.48. The van der Waals surface area contributed by atoms with E-state index in [-0.39, 0.29) is 24.7 Å². The van der Waals surface area contributed by atoms with E-state index in [2.05, 4.69) is 5.32 Å². The third-order valence-corrected chi connectivity index (χ3v) is 4.24. The van der Waals surface area contributed by atoms with Crippen molar-refractivity contribution in [3.8, 4) is 11.5 Å². The zero-order chi connectivity index (χ0) is 18.4. The van der Waals surface area contributed by atoms with E-state index in [1.54, 1.807) is 12.0 Å². The summed E-state index contributed by atoms with van der Waals surface area (Å²) in [6.07, 6.45) is 0.331. The quantitative estimate of drug-likeness (QED) is 0.866. The molecule has 0 fully saturated rings. The molecule has 1 aliphatic heterocycles. The Kier molecular flexibility index (Phi) is 5.73. The fourth-order valence-corrected chi connectivity index (χ4v) is 2.82. The van der Waals surface area contributed by atoms with Crippen LogP contribution in [0.2, 0.25) is 0 Å². The lowest BCUT2D eigenvalue weighted by Crippen LogP contribution is -2.38. The highest BCUT2D eigenvalue weighted by molar-refractivity contribution is 5.97. The molecule has 1 heterocycles. The highest BCUT2D eigenvalue weighted by atomic mass is 16.5. The van der Waals surface area contributed by atoms with Gasteiger partial charge in [0.25, 0.3) is 0 Å². The zero-order valence-electron chi connectivity index (χ0n) is 14.7. The number of methoxy groups -OCH3 is 1. The van der Waals surface area contributed by atoms with E-state index in [1.807, 2.05) is 48.5 Å². The molecule has 6 heteroatoms. The van der Waals surface area contributed by atoms with Crippen LogP contribution in [0.15, 0.2) is 48.5 Å². The Bertz CT molecular complexity index is 774. The van der Waals surface area contributed by atoms with E-state index in [4.69, 9.17) is 9.47 Å². The van der Waals surface area contributed by atoms with Gasteiger partial charge in [0.15, 0.2) is 0 Å². The van der Waals surface area contributed by atoms with Gasteiger partial charge in [0.2, 0.25) is 11.8 Å². The Labute approximate surface area is 152 Å². The molecule has 1 aliphatic rings. The monoisotopic (exact) mass is 354 g/mol. The van der Waals surface area contributed by atoms with Gasteiger partial charge in [-0.1, -0.05) is 24.3 Å². The summed E-state index contributed by atoms with van der Waals surface area (Å²) in [7, 11) is 1.61. The number of anilines is 1. The minimum atomic E-state index is -0.143. The predicted molar refractivity (Wildman–Crippen MR) is 98.4 cm³/mol. The van der Waals surface area contributed by atoms with Crippen LogP contribution in [-0.2, 0) is 16.1 Å². The van der Waals surface area contributed by atoms with Gasteiger partial charge in [-0.25, -0.2) is 0 Å². The van der Waals surface area contributed by atoms with Gasteiger partial charge in [-0.15, -0.1) is 0 Å². The van der Waals surface area contributed by atoms with Crippen molar-refractivity contribution in [2.24, 2.45) is 0 Å². The topological polar surface area (TPSA) is 67.9 Å². The van der Waals surface area contributed by atoms with Gasteiger partial charge in [-0.2, -0.15) is 0 Å². The molecule has 0 atom stereocenters. The largest absolute Gasteiger partial charge is 0.497 e. The van der Waals surface area contributed by atoms with E-state index < -0.39 is 0 Å². The van der Waals surface area contributed by atoms with Crippen molar-refractivity contribution in [2.75, 3.05) is 25.2 Å². The van der Waals surface area contributed by atoms with Crippen molar-refractivity contribution < 1.29 is 19.1 Å². The first-order valence-electron chi connectivity index (χ1n) is 8.59. The Morgan fingerprint density at radius 2 is 1.88 bits per heavy atom. The highest BCUT2D eigenvalue weighted by Gasteiger charge is 2.23. The van der Waals surface area contributed by atoms with E-state index in [1.165, 1.54) is 0 Å². The Morgan fingerprint density at radius 3 is 2.65 bits per heavy atom. The van der Waals surface area contributed by atoms with E-state index in [9.17, 15) is 9.59 Å². The molecular weight excluding hydrogens is 332 g/mol. The Morgan fingerprint density at radius 1 is 1.12 bits per heavy atom. The first-order chi connectivity index (χ1) is 12.7. The summed E-state index contributed by atoms with van der Waals surface area (Å²) in [6.45, 7) is 1.40. The van der Waals surface area contributed by atoms with Gasteiger partial charge in [-0.05, 0) is 29.8 Å². The number of ether oxygens (including phenoxy) is 2. The number of rotatable bonds is 6. The smallest absolute Gasteiger partial charge is 0.227 e. The molecule has 0 bridgehead atoms. The van der Waals surface area contributed by atoms with E-state index >= 15 is 0 Å². The standard InChI is InChI=1S/C20H22N2O4/c1-25-16-8-6-15(7-9-16)14-21-19(23)10-11-20(24)22-12-13-26-18-5-3-2-4-17(18)22/h2-9H,10-14H2,1H3,(H,21,23). The second-order valence-corrected chi connectivity index (χ2v) is 5.99. The summed E-state index contributed by atoms with van der Waals surface area (Å²) < 4.78 is 10.7. The van der Waals surface area contributed by atoms with Crippen LogP contribution in [0.25, 0.3) is 0 Å². The van der Waals surface area contributed by atoms with Gasteiger partial charge in [0.1, 0.15) is 18.1 Å². The fourth-order valence-electron chi connectivity index (χ4n) is 2.82. The summed E-state index contributed by atoms with van der Waals surface area (Å²) >= 11 is 0. The van der Waals surface area contributed by atoms with E-state index in [0.29, 0.717) is 25.4 Å². The van der Waals surface area contributed by atoms with Crippen LogP contribution in [0.1, 0.15) is 18.4 Å². The average molecular weight is 354 g/mol. The number of amides is 2. The maximum absolute atomic E-state index is 12.5. The number of carbonyl (C=O) groups excluding carboxylic acids is 2. The van der Waals surface area contributed by atoms with Crippen molar-refractivity contribution >= 4 is 17.5 Å².